The first-order chi connectivity index (χ1) is 8.46. The molecule has 0 saturated carbocycles. The van der Waals surface area contributed by atoms with E-state index in [9.17, 15) is 13.2 Å². The standard InChI is InChI=1S/C11H15N.C2HF3O2/c1-9(11(2,3)4)10-7-5-6-8-12-10;3-2(4,5)1(6)7/h5-8H,1H2,2-4H3;(H,6,7)/p-1. The summed E-state index contributed by atoms with van der Waals surface area (Å²) in [5, 5.41) is 8.78. The van der Waals surface area contributed by atoms with E-state index in [2.05, 4.69) is 32.3 Å². The highest BCUT2D eigenvalue weighted by Crippen LogP contribution is 2.30. The first kappa shape index (κ1) is 17.2. The number of allylic oxidation sites excluding steroid dienone is 1. The van der Waals surface area contributed by atoms with Gasteiger partial charge < -0.3 is 9.90 Å². The zero-order valence-corrected chi connectivity index (χ0v) is 10.9. The van der Waals surface area contributed by atoms with E-state index >= 15 is 0 Å². The van der Waals surface area contributed by atoms with E-state index in [1.54, 1.807) is 6.20 Å². The Bertz CT molecular complexity index is 433. The molecule has 0 spiro atoms. The van der Waals surface area contributed by atoms with E-state index in [4.69, 9.17) is 9.90 Å². The van der Waals surface area contributed by atoms with Crippen molar-refractivity contribution in [2.75, 3.05) is 0 Å². The number of halogens is 3. The zero-order valence-electron chi connectivity index (χ0n) is 10.9. The van der Waals surface area contributed by atoms with E-state index < -0.39 is 12.1 Å². The third-order valence-corrected chi connectivity index (χ3v) is 2.11. The van der Waals surface area contributed by atoms with Gasteiger partial charge in [0.25, 0.3) is 0 Å². The third kappa shape index (κ3) is 6.59. The van der Waals surface area contributed by atoms with Gasteiger partial charge in [-0.1, -0.05) is 33.4 Å². The van der Waals surface area contributed by atoms with Crippen LogP contribution < -0.4 is 5.11 Å². The summed E-state index contributed by atoms with van der Waals surface area (Å²) < 4.78 is 31.5. The minimum absolute atomic E-state index is 0.106. The van der Waals surface area contributed by atoms with Crippen LogP contribution in [0.4, 0.5) is 13.2 Å². The molecular formula is C13H15F3NO2-. The molecule has 0 aliphatic heterocycles. The summed E-state index contributed by atoms with van der Waals surface area (Å²) in [5.41, 5.74) is 2.18. The van der Waals surface area contributed by atoms with Gasteiger partial charge in [-0.3, -0.25) is 4.98 Å². The summed E-state index contributed by atoms with van der Waals surface area (Å²) >= 11 is 0. The fourth-order valence-electron chi connectivity index (χ4n) is 0.925. The Morgan fingerprint density at radius 2 is 1.74 bits per heavy atom. The van der Waals surface area contributed by atoms with E-state index in [0.717, 1.165) is 11.3 Å². The lowest BCUT2D eigenvalue weighted by atomic mass is 9.85. The summed E-state index contributed by atoms with van der Waals surface area (Å²) in [4.78, 5) is 13.0. The highest BCUT2D eigenvalue weighted by atomic mass is 19.4. The van der Waals surface area contributed by atoms with Gasteiger partial charge in [0.15, 0.2) is 0 Å². The lowest BCUT2D eigenvalue weighted by Gasteiger charge is -2.20. The van der Waals surface area contributed by atoms with Crippen molar-refractivity contribution in [1.82, 2.24) is 4.98 Å². The SMILES string of the molecule is C=C(c1ccccn1)C(C)(C)C.O=C([O-])C(F)(F)F. The average molecular weight is 274 g/mol. The zero-order chi connectivity index (χ0) is 15.3. The molecule has 0 saturated heterocycles. The van der Waals surface area contributed by atoms with Gasteiger partial charge >= 0.3 is 6.18 Å². The van der Waals surface area contributed by atoms with Crippen molar-refractivity contribution in [3.8, 4) is 0 Å². The molecular weight excluding hydrogens is 259 g/mol. The Kier molecular flexibility index (Phi) is 5.74. The van der Waals surface area contributed by atoms with Gasteiger partial charge in [-0.15, -0.1) is 0 Å². The van der Waals surface area contributed by atoms with Crippen LogP contribution in [0.2, 0.25) is 0 Å². The van der Waals surface area contributed by atoms with Crippen LogP contribution in [-0.4, -0.2) is 17.1 Å². The van der Waals surface area contributed by atoms with Crippen LogP contribution in [0.15, 0.2) is 31.0 Å². The van der Waals surface area contributed by atoms with Crippen molar-refractivity contribution in [1.29, 1.82) is 0 Å². The largest absolute Gasteiger partial charge is 0.542 e. The van der Waals surface area contributed by atoms with Crippen LogP contribution in [0.3, 0.4) is 0 Å². The van der Waals surface area contributed by atoms with Crippen molar-refractivity contribution >= 4 is 11.5 Å². The second-order valence-corrected chi connectivity index (χ2v) is 4.73. The first-order valence-electron chi connectivity index (χ1n) is 5.35. The number of carboxylic acids is 1. The Morgan fingerprint density at radius 3 is 2.00 bits per heavy atom. The smallest absolute Gasteiger partial charge is 0.430 e. The molecule has 6 heteroatoms. The molecule has 0 aromatic carbocycles. The molecule has 1 rings (SSSR count). The fourth-order valence-corrected chi connectivity index (χ4v) is 0.925. The second-order valence-electron chi connectivity index (χ2n) is 4.73. The molecule has 0 atom stereocenters. The third-order valence-electron chi connectivity index (χ3n) is 2.11. The molecule has 0 bridgehead atoms. The topological polar surface area (TPSA) is 53.0 Å². The van der Waals surface area contributed by atoms with Crippen molar-refractivity contribution in [3.05, 3.63) is 36.7 Å². The van der Waals surface area contributed by atoms with E-state index in [1.807, 2.05) is 18.2 Å². The molecule has 3 nitrogen and oxygen atoms in total. The fraction of sp³-hybridized carbons (Fsp3) is 0.385. The number of nitrogens with zero attached hydrogens (tertiary/aromatic N) is 1. The van der Waals surface area contributed by atoms with Gasteiger partial charge in [-0.2, -0.15) is 13.2 Å². The number of alkyl halides is 3. The van der Waals surface area contributed by atoms with Gasteiger partial charge in [0.05, 0.1) is 5.69 Å². The molecule has 0 radical (unpaired) electrons. The Balaban J connectivity index is 0.000000399. The van der Waals surface area contributed by atoms with Crippen molar-refractivity contribution in [2.45, 2.75) is 26.9 Å². The van der Waals surface area contributed by atoms with Crippen molar-refractivity contribution in [2.24, 2.45) is 5.41 Å². The molecule has 1 heterocycles. The summed E-state index contributed by atoms with van der Waals surface area (Å²) in [5.74, 6) is -3.01. The molecule has 19 heavy (non-hydrogen) atoms. The van der Waals surface area contributed by atoms with Crippen LogP contribution in [0, 0.1) is 5.41 Å². The molecule has 1 aromatic rings. The molecule has 0 unspecified atom stereocenters. The number of rotatable bonds is 1. The average Bonchev–Trinajstić information content (AvgIpc) is 2.27. The molecule has 0 aliphatic carbocycles. The summed E-state index contributed by atoms with van der Waals surface area (Å²) in [6, 6.07) is 5.90. The van der Waals surface area contributed by atoms with Gasteiger partial charge in [0, 0.05) is 6.20 Å². The van der Waals surface area contributed by atoms with Crippen LogP contribution in [0.1, 0.15) is 26.5 Å². The maximum atomic E-state index is 10.5. The van der Waals surface area contributed by atoms with Gasteiger partial charge in [-0.25, -0.2) is 0 Å². The maximum absolute atomic E-state index is 10.5. The van der Waals surface area contributed by atoms with Crippen molar-refractivity contribution < 1.29 is 23.1 Å². The van der Waals surface area contributed by atoms with Gasteiger partial charge in [0.2, 0.25) is 0 Å². The van der Waals surface area contributed by atoms with E-state index in [1.165, 1.54) is 0 Å². The number of aromatic nitrogens is 1. The van der Waals surface area contributed by atoms with Crippen LogP contribution in [0.5, 0.6) is 0 Å². The predicted octanol–water partition coefficient (Wildman–Crippen LogP) is 2.44. The minimum atomic E-state index is -5.19. The number of carbonyl (C=O) groups is 1. The second kappa shape index (κ2) is 6.36. The Morgan fingerprint density at radius 1 is 1.26 bits per heavy atom. The molecule has 1 aromatic heterocycles. The quantitative estimate of drug-likeness (QED) is 0.790. The molecule has 0 amide bonds. The highest BCUT2D eigenvalue weighted by Gasteiger charge is 2.28. The molecule has 0 N–H and O–H groups in total. The predicted molar refractivity (Wildman–Crippen MR) is 63.8 cm³/mol. The molecule has 106 valence electrons. The van der Waals surface area contributed by atoms with E-state index in [0.29, 0.717) is 0 Å². The normalized spacial score (nSPS) is 11.3. The van der Waals surface area contributed by atoms with Gasteiger partial charge in [0.1, 0.15) is 5.97 Å². The van der Waals surface area contributed by atoms with Crippen LogP contribution in [-0.2, 0) is 4.79 Å². The minimum Gasteiger partial charge on any atom is -0.542 e. The van der Waals surface area contributed by atoms with Gasteiger partial charge in [-0.05, 0) is 23.1 Å². The number of carboxylic acid groups (broad SMARTS) is 1. The summed E-state index contributed by atoms with van der Waals surface area (Å²) in [7, 11) is 0. The van der Waals surface area contributed by atoms with Crippen molar-refractivity contribution in [3.63, 3.8) is 0 Å². The lowest BCUT2D eigenvalue weighted by molar-refractivity contribution is -0.344. The first-order valence-corrected chi connectivity index (χ1v) is 5.35. The molecule has 0 aliphatic rings. The van der Waals surface area contributed by atoms with E-state index in [-0.39, 0.29) is 5.41 Å². The lowest BCUT2D eigenvalue weighted by Crippen LogP contribution is -2.37. The monoisotopic (exact) mass is 274 g/mol. The Labute approximate surface area is 109 Å². The number of aliphatic carboxylic acids is 1. The Hall–Kier alpha value is -1.85. The number of hydrogen-bond donors (Lipinski definition) is 0. The summed E-state index contributed by atoms with van der Waals surface area (Å²) in [6.07, 6.45) is -3.40. The number of pyridine rings is 1. The molecule has 0 fully saturated rings. The van der Waals surface area contributed by atoms with Crippen LogP contribution in [0.25, 0.3) is 5.57 Å². The number of carbonyl (C=O) groups excluding carboxylic acids is 1. The summed E-state index contributed by atoms with van der Waals surface area (Å²) in [6.45, 7) is 10.5. The highest BCUT2D eigenvalue weighted by molar-refractivity contribution is 5.70. The maximum Gasteiger partial charge on any atom is 0.430 e. The van der Waals surface area contributed by atoms with Crippen LogP contribution >= 0.6 is 0 Å². The number of hydrogen-bond acceptors (Lipinski definition) is 3.